The normalized spacial score (nSPS) is 13.2. The molecule has 0 aliphatic carbocycles. The predicted molar refractivity (Wildman–Crippen MR) is 184 cm³/mol. The molecule has 0 unspecified atom stereocenters. The molecule has 0 heterocycles. The zero-order valence-corrected chi connectivity index (χ0v) is 28.4. The molecule has 2 atom stereocenters. The summed E-state index contributed by atoms with van der Waals surface area (Å²) in [7, 11) is -2.18. The Kier molecular flexibility index (Phi) is 11.6. The van der Waals surface area contributed by atoms with Crippen molar-refractivity contribution in [1.29, 1.82) is 0 Å². The van der Waals surface area contributed by atoms with Crippen LogP contribution in [0.2, 0.25) is 18.1 Å². The summed E-state index contributed by atoms with van der Waals surface area (Å²) in [6, 6.07) is 33.6. The van der Waals surface area contributed by atoms with Gasteiger partial charge in [-0.25, -0.2) is 4.79 Å². The molecule has 4 rings (SSSR count). The summed E-state index contributed by atoms with van der Waals surface area (Å²) in [5.41, 5.74) is 4.44. The van der Waals surface area contributed by atoms with Crippen LogP contribution in [0.4, 0.5) is 0 Å². The van der Waals surface area contributed by atoms with E-state index in [1.54, 1.807) is 18.2 Å². The fourth-order valence-electron chi connectivity index (χ4n) is 4.75. The molecule has 0 saturated heterocycles. The molecular weight excluding hydrogens is 579 g/mol. The molecule has 4 aromatic rings. The lowest BCUT2D eigenvalue weighted by Gasteiger charge is -2.40. The molecule has 0 saturated carbocycles. The van der Waals surface area contributed by atoms with Crippen LogP contribution in [-0.2, 0) is 24.1 Å². The highest BCUT2D eigenvalue weighted by molar-refractivity contribution is 6.74. The molecule has 238 valence electrons. The van der Waals surface area contributed by atoms with Gasteiger partial charge in [0, 0.05) is 18.7 Å². The van der Waals surface area contributed by atoms with Gasteiger partial charge in [-0.2, -0.15) is 0 Å². The van der Waals surface area contributed by atoms with Crippen LogP contribution < -0.4 is 14.8 Å². The van der Waals surface area contributed by atoms with Crippen LogP contribution >= 0.6 is 0 Å². The Bertz CT molecular complexity index is 1460. The van der Waals surface area contributed by atoms with Gasteiger partial charge in [0.05, 0.1) is 11.7 Å². The highest BCUT2D eigenvalue weighted by Gasteiger charge is 2.39. The zero-order chi connectivity index (χ0) is 32.5. The molecule has 2 N–H and O–H groups in total. The summed E-state index contributed by atoms with van der Waals surface area (Å²) in [5.74, 6) is 0.531. The van der Waals surface area contributed by atoms with Crippen molar-refractivity contribution in [2.75, 3.05) is 6.54 Å². The van der Waals surface area contributed by atoms with Crippen LogP contribution in [0.5, 0.6) is 11.5 Å². The Morgan fingerprint density at radius 1 is 0.778 bits per heavy atom. The van der Waals surface area contributed by atoms with E-state index in [2.05, 4.69) is 82.5 Å². The molecule has 0 aromatic heterocycles. The topological polar surface area (TPSA) is 77.0 Å². The largest absolute Gasteiger partial charge is 0.489 e. The quantitative estimate of drug-likeness (QED) is 0.129. The van der Waals surface area contributed by atoms with E-state index in [1.807, 2.05) is 48.5 Å². The first-order valence-electron chi connectivity index (χ1n) is 15.6. The van der Waals surface area contributed by atoms with Gasteiger partial charge in [-0.3, -0.25) is 0 Å². The summed E-state index contributed by atoms with van der Waals surface area (Å²) in [6.45, 7) is 14.9. The van der Waals surface area contributed by atoms with Gasteiger partial charge in [-0.15, -0.1) is 0 Å². The summed E-state index contributed by atoms with van der Waals surface area (Å²) in [6.07, 6.45) is 0.442. The fourth-order valence-corrected chi connectivity index (χ4v) is 6.04. The summed E-state index contributed by atoms with van der Waals surface area (Å²) >= 11 is 0. The lowest BCUT2D eigenvalue weighted by Crippen LogP contribution is -2.44. The third-order valence-electron chi connectivity index (χ3n) is 8.38. The fraction of sp³-hybridized carbons (Fsp3) is 0.342. The van der Waals surface area contributed by atoms with Crippen molar-refractivity contribution in [3.05, 3.63) is 131 Å². The van der Waals surface area contributed by atoms with Crippen molar-refractivity contribution in [3.8, 4) is 11.5 Å². The number of nitrogens with one attached hydrogen (secondary N) is 1. The first kappa shape index (κ1) is 34.0. The van der Waals surface area contributed by atoms with Crippen LogP contribution in [0, 0.1) is 0 Å². The van der Waals surface area contributed by atoms with E-state index in [-0.39, 0.29) is 17.2 Å². The van der Waals surface area contributed by atoms with Crippen molar-refractivity contribution >= 4 is 14.3 Å². The van der Waals surface area contributed by atoms with E-state index in [0.717, 1.165) is 33.8 Å². The summed E-state index contributed by atoms with van der Waals surface area (Å²) < 4.78 is 19.7. The number of carboxylic acids is 1. The Balaban J connectivity index is 1.60. The van der Waals surface area contributed by atoms with Gasteiger partial charge < -0.3 is 24.3 Å². The third-order valence-corrected chi connectivity index (χ3v) is 12.9. The van der Waals surface area contributed by atoms with Gasteiger partial charge >= 0.3 is 5.97 Å². The standard InChI is InChI=1S/C38H47NO5Si/c1-28(20-31-18-13-19-32(21-31)37(40)41)39-25-36(44-45(5,6)38(2,3)4)33-22-34(42-26-29-14-9-7-10-15-29)24-35(23-33)43-27-30-16-11-8-12-17-30/h7-19,21-24,28,36,39H,20,25-27H2,1-6H3,(H,40,41)/t28-,36+/m1/s1. The number of hydrogen-bond donors (Lipinski definition) is 2. The van der Waals surface area contributed by atoms with Gasteiger partial charge in [-0.05, 0) is 78.0 Å². The maximum atomic E-state index is 11.5. The molecule has 0 spiro atoms. The molecule has 0 fully saturated rings. The van der Waals surface area contributed by atoms with Crippen LogP contribution in [0.15, 0.2) is 103 Å². The first-order valence-corrected chi connectivity index (χ1v) is 18.5. The van der Waals surface area contributed by atoms with Crippen molar-refractivity contribution < 1.29 is 23.8 Å². The number of benzene rings is 4. The Morgan fingerprint density at radius 2 is 1.31 bits per heavy atom. The maximum absolute atomic E-state index is 11.5. The average Bonchev–Trinajstić information content (AvgIpc) is 3.01. The van der Waals surface area contributed by atoms with E-state index >= 15 is 0 Å². The number of rotatable bonds is 15. The van der Waals surface area contributed by atoms with E-state index in [1.165, 1.54) is 0 Å². The maximum Gasteiger partial charge on any atom is 0.335 e. The minimum Gasteiger partial charge on any atom is -0.489 e. The number of aromatic carboxylic acids is 1. The molecule has 0 aliphatic heterocycles. The Morgan fingerprint density at radius 3 is 1.82 bits per heavy atom. The third kappa shape index (κ3) is 10.3. The monoisotopic (exact) mass is 625 g/mol. The molecular formula is C38H47NO5Si. The van der Waals surface area contributed by atoms with Crippen LogP contribution in [0.1, 0.15) is 66.4 Å². The van der Waals surface area contributed by atoms with Crippen LogP contribution in [-0.4, -0.2) is 32.0 Å². The number of hydrogen-bond acceptors (Lipinski definition) is 5. The van der Waals surface area contributed by atoms with Gasteiger partial charge in [0.1, 0.15) is 24.7 Å². The summed E-state index contributed by atoms with van der Waals surface area (Å²) in [5, 5.41) is 13.1. The molecule has 0 aliphatic rings. The molecule has 4 aromatic carbocycles. The highest BCUT2D eigenvalue weighted by Crippen LogP contribution is 2.40. The lowest BCUT2D eigenvalue weighted by atomic mass is 10.0. The lowest BCUT2D eigenvalue weighted by molar-refractivity contribution is 0.0696. The molecule has 0 bridgehead atoms. The van der Waals surface area contributed by atoms with Gasteiger partial charge in [0.15, 0.2) is 8.32 Å². The second-order valence-electron chi connectivity index (χ2n) is 13.2. The van der Waals surface area contributed by atoms with E-state index in [9.17, 15) is 9.90 Å². The number of carbonyl (C=O) groups is 1. The van der Waals surface area contributed by atoms with E-state index in [0.29, 0.717) is 31.7 Å². The molecule has 7 heteroatoms. The second-order valence-corrected chi connectivity index (χ2v) is 17.9. The molecule has 45 heavy (non-hydrogen) atoms. The van der Waals surface area contributed by atoms with E-state index in [4.69, 9.17) is 13.9 Å². The van der Waals surface area contributed by atoms with Crippen molar-refractivity contribution in [2.24, 2.45) is 0 Å². The predicted octanol–water partition coefficient (Wildman–Crippen LogP) is 8.83. The van der Waals surface area contributed by atoms with E-state index < -0.39 is 14.3 Å². The molecule has 6 nitrogen and oxygen atoms in total. The van der Waals surface area contributed by atoms with Crippen LogP contribution in [0.25, 0.3) is 0 Å². The highest BCUT2D eigenvalue weighted by atomic mass is 28.4. The number of ether oxygens (including phenoxy) is 2. The van der Waals surface area contributed by atoms with Gasteiger partial charge in [-0.1, -0.05) is 93.6 Å². The molecule has 0 amide bonds. The SMILES string of the molecule is C[C@H](Cc1cccc(C(=O)O)c1)NC[C@H](O[Si](C)(C)C(C)(C)C)c1cc(OCc2ccccc2)cc(OCc2ccccc2)c1. The average molecular weight is 626 g/mol. The Hall–Kier alpha value is -3.91. The number of carboxylic acid groups (broad SMARTS) is 1. The van der Waals surface area contributed by atoms with Crippen LogP contribution in [0.3, 0.4) is 0 Å². The van der Waals surface area contributed by atoms with Crippen molar-refractivity contribution in [3.63, 3.8) is 0 Å². The minimum atomic E-state index is -2.18. The van der Waals surface area contributed by atoms with Crippen molar-refractivity contribution in [2.45, 2.75) is 77.6 Å². The Labute approximate surface area is 269 Å². The first-order chi connectivity index (χ1) is 21.4. The zero-order valence-electron chi connectivity index (χ0n) is 27.4. The van der Waals surface area contributed by atoms with Gasteiger partial charge in [0.25, 0.3) is 0 Å². The summed E-state index contributed by atoms with van der Waals surface area (Å²) in [4.78, 5) is 11.5. The van der Waals surface area contributed by atoms with Gasteiger partial charge in [0.2, 0.25) is 0 Å². The minimum absolute atomic E-state index is 0.0161. The van der Waals surface area contributed by atoms with Crippen molar-refractivity contribution in [1.82, 2.24) is 5.32 Å². The molecule has 0 radical (unpaired) electrons. The second kappa shape index (κ2) is 15.4. The smallest absolute Gasteiger partial charge is 0.335 e.